The minimum atomic E-state index is 0.686. The summed E-state index contributed by atoms with van der Waals surface area (Å²) in [7, 11) is 1.78. The van der Waals surface area contributed by atoms with Crippen molar-refractivity contribution in [3.8, 4) is 0 Å². The maximum atomic E-state index is 5.11. The average Bonchev–Trinajstić information content (AvgIpc) is 2.26. The molecule has 3 heteroatoms. The van der Waals surface area contributed by atoms with Gasteiger partial charge in [0.1, 0.15) is 0 Å². The zero-order chi connectivity index (χ0) is 10.4. The second-order valence-corrected chi connectivity index (χ2v) is 4.91. The number of methoxy groups -OCH3 is 1. The number of nitrogens with zero attached hydrogens (tertiary/aromatic N) is 1. The van der Waals surface area contributed by atoms with Crippen molar-refractivity contribution in [2.24, 2.45) is 5.92 Å². The zero-order valence-electron chi connectivity index (χ0n) is 9.34. The third-order valence-corrected chi connectivity index (χ3v) is 4.15. The SMILES string of the molecule is COCCC(C)N1CCC(CBr)CC1. The predicted molar refractivity (Wildman–Crippen MR) is 64.0 cm³/mol. The van der Waals surface area contributed by atoms with Crippen LogP contribution in [0.15, 0.2) is 0 Å². The molecule has 1 atom stereocenters. The first-order valence-electron chi connectivity index (χ1n) is 5.57. The molecule has 0 aromatic carbocycles. The molecule has 0 spiro atoms. The molecule has 0 N–H and O–H groups in total. The van der Waals surface area contributed by atoms with E-state index in [1.807, 2.05) is 0 Å². The van der Waals surface area contributed by atoms with Crippen molar-refractivity contribution in [3.05, 3.63) is 0 Å². The van der Waals surface area contributed by atoms with E-state index in [0.29, 0.717) is 6.04 Å². The van der Waals surface area contributed by atoms with Gasteiger partial charge in [-0.25, -0.2) is 0 Å². The lowest BCUT2D eigenvalue weighted by Gasteiger charge is -2.35. The van der Waals surface area contributed by atoms with E-state index in [0.717, 1.165) is 18.9 Å². The van der Waals surface area contributed by atoms with Gasteiger partial charge in [0.05, 0.1) is 0 Å². The van der Waals surface area contributed by atoms with Crippen LogP contribution >= 0.6 is 15.9 Å². The standard InChI is InChI=1S/C11H22BrNO/c1-10(5-8-14-2)13-6-3-11(9-12)4-7-13/h10-11H,3-9H2,1-2H3. The molecule has 1 fully saturated rings. The van der Waals surface area contributed by atoms with E-state index in [1.165, 1.54) is 31.3 Å². The van der Waals surface area contributed by atoms with Gasteiger partial charge in [-0.2, -0.15) is 0 Å². The number of likely N-dealkylation sites (tertiary alicyclic amines) is 1. The molecule has 0 amide bonds. The molecule has 1 unspecified atom stereocenters. The third kappa shape index (κ3) is 3.87. The molecule has 0 radical (unpaired) electrons. The van der Waals surface area contributed by atoms with Crippen molar-refractivity contribution < 1.29 is 4.74 Å². The molecule has 0 saturated carbocycles. The Hall–Kier alpha value is 0.400. The highest BCUT2D eigenvalue weighted by molar-refractivity contribution is 9.09. The Labute approximate surface area is 96.1 Å². The van der Waals surface area contributed by atoms with Crippen LogP contribution in [0.1, 0.15) is 26.2 Å². The van der Waals surface area contributed by atoms with Crippen LogP contribution in [0.4, 0.5) is 0 Å². The normalized spacial score (nSPS) is 22.5. The fraction of sp³-hybridized carbons (Fsp3) is 1.00. The Morgan fingerprint density at radius 3 is 2.57 bits per heavy atom. The predicted octanol–water partition coefficient (Wildman–Crippen LogP) is 2.52. The summed E-state index contributed by atoms with van der Waals surface area (Å²) < 4.78 is 5.11. The topological polar surface area (TPSA) is 12.5 Å². The number of halogens is 1. The Morgan fingerprint density at radius 2 is 2.07 bits per heavy atom. The van der Waals surface area contributed by atoms with Gasteiger partial charge in [-0.1, -0.05) is 15.9 Å². The molecule has 0 aliphatic carbocycles. The van der Waals surface area contributed by atoms with E-state index >= 15 is 0 Å². The van der Waals surface area contributed by atoms with Crippen molar-refractivity contribution in [3.63, 3.8) is 0 Å². The van der Waals surface area contributed by atoms with E-state index in [1.54, 1.807) is 7.11 Å². The van der Waals surface area contributed by atoms with Crippen LogP contribution in [0, 0.1) is 5.92 Å². The van der Waals surface area contributed by atoms with Gasteiger partial charge in [0.25, 0.3) is 0 Å². The summed E-state index contributed by atoms with van der Waals surface area (Å²) in [6.07, 6.45) is 3.86. The van der Waals surface area contributed by atoms with Gasteiger partial charge in [0.2, 0.25) is 0 Å². The molecule has 1 saturated heterocycles. The molecule has 84 valence electrons. The van der Waals surface area contributed by atoms with Crippen LogP contribution in [-0.4, -0.2) is 43.1 Å². The summed E-state index contributed by atoms with van der Waals surface area (Å²) in [6.45, 7) is 5.73. The smallest absolute Gasteiger partial charge is 0.0477 e. The Balaban J connectivity index is 2.19. The summed E-state index contributed by atoms with van der Waals surface area (Å²) in [5.41, 5.74) is 0. The largest absolute Gasteiger partial charge is 0.385 e. The van der Waals surface area contributed by atoms with Gasteiger partial charge < -0.3 is 9.64 Å². The molecule has 1 aliphatic heterocycles. The third-order valence-electron chi connectivity index (χ3n) is 3.23. The van der Waals surface area contributed by atoms with E-state index in [-0.39, 0.29) is 0 Å². The second-order valence-electron chi connectivity index (χ2n) is 4.26. The van der Waals surface area contributed by atoms with Crippen molar-refractivity contribution in [2.75, 3.05) is 32.1 Å². The van der Waals surface area contributed by atoms with Crippen LogP contribution < -0.4 is 0 Å². The van der Waals surface area contributed by atoms with Gasteiger partial charge in [-0.15, -0.1) is 0 Å². The number of hydrogen-bond donors (Lipinski definition) is 0. The molecule has 1 aliphatic rings. The van der Waals surface area contributed by atoms with E-state index in [2.05, 4.69) is 27.8 Å². The first-order valence-corrected chi connectivity index (χ1v) is 6.69. The maximum absolute atomic E-state index is 5.11. The van der Waals surface area contributed by atoms with Gasteiger partial charge in [0.15, 0.2) is 0 Å². The highest BCUT2D eigenvalue weighted by Gasteiger charge is 2.21. The quantitative estimate of drug-likeness (QED) is 0.707. The summed E-state index contributed by atoms with van der Waals surface area (Å²) in [5, 5.41) is 1.17. The monoisotopic (exact) mass is 263 g/mol. The molecule has 0 bridgehead atoms. The number of piperidine rings is 1. The van der Waals surface area contributed by atoms with Crippen molar-refractivity contribution in [2.45, 2.75) is 32.2 Å². The van der Waals surface area contributed by atoms with E-state index < -0.39 is 0 Å². The maximum Gasteiger partial charge on any atom is 0.0477 e. The average molecular weight is 264 g/mol. The molecule has 1 heterocycles. The summed E-state index contributed by atoms with van der Waals surface area (Å²) in [6, 6.07) is 0.686. The molecule has 0 aromatic heterocycles. The van der Waals surface area contributed by atoms with Crippen molar-refractivity contribution >= 4 is 15.9 Å². The molecular weight excluding hydrogens is 242 g/mol. The van der Waals surface area contributed by atoms with Gasteiger partial charge >= 0.3 is 0 Å². The highest BCUT2D eigenvalue weighted by Crippen LogP contribution is 2.21. The van der Waals surface area contributed by atoms with Crippen molar-refractivity contribution in [1.82, 2.24) is 4.90 Å². The van der Waals surface area contributed by atoms with Crippen LogP contribution in [-0.2, 0) is 4.74 Å². The minimum absolute atomic E-state index is 0.686. The first kappa shape index (κ1) is 12.5. The second kappa shape index (κ2) is 6.81. The lowest BCUT2D eigenvalue weighted by Crippen LogP contribution is -2.40. The fourth-order valence-electron chi connectivity index (χ4n) is 2.02. The summed E-state index contributed by atoms with van der Waals surface area (Å²) >= 11 is 3.57. The van der Waals surface area contributed by atoms with Gasteiger partial charge in [-0.05, 0) is 45.2 Å². The van der Waals surface area contributed by atoms with Crippen LogP contribution in [0.5, 0.6) is 0 Å². The Bertz CT molecular complexity index is 146. The highest BCUT2D eigenvalue weighted by atomic mass is 79.9. The molecule has 0 aromatic rings. The Morgan fingerprint density at radius 1 is 1.43 bits per heavy atom. The number of rotatable bonds is 5. The number of hydrogen-bond acceptors (Lipinski definition) is 2. The van der Waals surface area contributed by atoms with Gasteiger partial charge in [0, 0.05) is 25.1 Å². The lowest BCUT2D eigenvalue weighted by atomic mass is 9.97. The van der Waals surface area contributed by atoms with E-state index in [4.69, 9.17) is 4.74 Å². The Kier molecular flexibility index (Phi) is 6.06. The van der Waals surface area contributed by atoms with Gasteiger partial charge in [-0.3, -0.25) is 0 Å². The molecular formula is C11H22BrNO. The molecule has 2 nitrogen and oxygen atoms in total. The lowest BCUT2D eigenvalue weighted by molar-refractivity contribution is 0.111. The number of ether oxygens (including phenoxy) is 1. The fourth-order valence-corrected chi connectivity index (χ4v) is 2.67. The number of alkyl halides is 1. The minimum Gasteiger partial charge on any atom is -0.385 e. The van der Waals surface area contributed by atoms with Crippen LogP contribution in [0.25, 0.3) is 0 Å². The molecule has 14 heavy (non-hydrogen) atoms. The van der Waals surface area contributed by atoms with E-state index in [9.17, 15) is 0 Å². The zero-order valence-corrected chi connectivity index (χ0v) is 10.9. The van der Waals surface area contributed by atoms with Crippen molar-refractivity contribution in [1.29, 1.82) is 0 Å². The van der Waals surface area contributed by atoms with Crippen LogP contribution in [0.2, 0.25) is 0 Å². The molecule has 1 rings (SSSR count). The first-order chi connectivity index (χ1) is 6.77. The summed E-state index contributed by atoms with van der Waals surface area (Å²) in [5.74, 6) is 0.904. The summed E-state index contributed by atoms with van der Waals surface area (Å²) in [4.78, 5) is 2.60. The van der Waals surface area contributed by atoms with Crippen LogP contribution in [0.3, 0.4) is 0 Å².